The molecule has 6 nitrogen and oxygen atoms in total. The van der Waals surface area contributed by atoms with Gasteiger partial charge in [0.2, 0.25) is 5.91 Å². The summed E-state index contributed by atoms with van der Waals surface area (Å²) in [6.07, 6.45) is 6.18. The highest BCUT2D eigenvalue weighted by molar-refractivity contribution is 5.93. The van der Waals surface area contributed by atoms with Gasteiger partial charge in [0.25, 0.3) is 0 Å². The van der Waals surface area contributed by atoms with Crippen LogP contribution in [0.2, 0.25) is 0 Å². The van der Waals surface area contributed by atoms with Crippen LogP contribution in [0.15, 0.2) is 0 Å². The molecule has 0 unspecified atom stereocenters. The highest BCUT2D eigenvalue weighted by Gasteiger charge is 2.28. The number of carbonyl (C=O) groups is 1. The maximum absolute atomic E-state index is 12.8. The summed E-state index contributed by atoms with van der Waals surface area (Å²) in [7, 11) is 0. The summed E-state index contributed by atoms with van der Waals surface area (Å²) in [6.45, 7) is 9.95. The average molecular weight is 373 g/mol. The average Bonchev–Trinajstić information content (AvgIpc) is 2.84. The van der Waals surface area contributed by atoms with Gasteiger partial charge in [-0.15, -0.1) is 0 Å². The minimum Gasteiger partial charge on any atom is -0.373 e. The Labute approximate surface area is 162 Å². The first-order valence-electron chi connectivity index (χ1n) is 10.2. The molecule has 148 valence electrons. The molecule has 1 aliphatic carbocycles. The van der Waals surface area contributed by atoms with Crippen molar-refractivity contribution in [2.24, 2.45) is 0 Å². The summed E-state index contributed by atoms with van der Waals surface area (Å²) >= 11 is 0. The molecule has 3 rings (SSSR count). The first kappa shape index (κ1) is 19.9. The van der Waals surface area contributed by atoms with Crippen molar-refractivity contribution in [3.05, 3.63) is 16.8 Å². The van der Waals surface area contributed by atoms with Crippen LogP contribution in [0.5, 0.6) is 0 Å². The molecule has 0 spiro atoms. The van der Waals surface area contributed by atoms with Gasteiger partial charge in [0.1, 0.15) is 11.9 Å². The van der Waals surface area contributed by atoms with E-state index in [9.17, 15) is 10.1 Å². The quantitative estimate of drug-likeness (QED) is 0.878. The Hall–Kier alpha value is -1.84. The van der Waals surface area contributed by atoms with Crippen LogP contribution in [-0.2, 0) is 9.53 Å². The molecule has 0 bridgehead atoms. The fourth-order valence-corrected chi connectivity index (χ4v) is 4.67. The van der Waals surface area contributed by atoms with E-state index in [-0.39, 0.29) is 18.1 Å². The smallest absolute Gasteiger partial charge is 0.239 e. The number of nitriles is 1. The number of nitrogens with zero attached hydrogens (tertiary/aromatic N) is 3. The van der Waals surface area contributed by atoms with Crippen LogP contribution in [0.25, 0.3) is 0 Å². The summed E-state index contributed by atoms with van der Waals surface area (Å²) in [5.41, 5.74) is 2.68. The van der Waals surface area contributed by atoms with Gasteiger partial charge in [0, 0.05) is 24.8 Å². The third-order valence-corrected chi connectivity index (χ3v) is 5.93. The Balaban J connectivity index is 1.79. The van der Waals surface area contributed by atoms with Crippen molar-refractivity contribution in [2.45, 2.75) is 78.0 Å². The van der Waals surface area contributed by atoms with E-state index in [4.69, 9.17) is 4.74 Å². The number of ether oxygens (including phenoxy) is 1. The summed E-state index contributed by atoms with van der Waals surface area (Å²) < 4.78 is 7.97. The third kappa shape index (κ3) is 4.36. The van der Waals surface area contributed by atoms with Crippen molar-refractivity contribution in [2.75, 3.05) is 25.0 Å². The van der Waals surface area contributed by atoms with Crippen molar-refractivity contribution in [1.29, 1.82) is 5.26 Å². The van der Waals surface area contributed by atoms with Gasteiger partial charge in [-0.3, -0.25) is 9.69 Å². The molecule has 1 aliphatic heterocycles. The number of hydrogen-bond acceptors (Lipinski definition) is 4. The SMILES string of the molecule is Cc1c(C#N)c(NC(=O)CN2C[C@@H](C)O[C@@H](C)C2)n(C2CCCCC2)c1C. The van der Waals surface area contributed by atoms with Gasteiger partial charge in [-0.2, -0.15) is 5.26 Å². The van der Waals surface area contributed by atoms with Gasteiger partial charge in [0.15, 0.2) is 0 Å². The van der Waals surface area contributed by atoms with E-state index in [1.54, 1.807) is 0 Å². The Kier molecular flexibility index (Phi) is 6.23. The number of amides is 1. The molecule has 1 saturated carbocycles. The Bertz CT molecular complexity index is 718. The molecule has 1 N–H and O–H groups in total. The van der Waals surface area contributed by atoms with Gasteiger partial charge in [-0.05, 0) is 46.1 Å². The number of anilines is 1. The first-order valence-corrected chi connectivity index (χ1v) is 10.2. The standard InChI is InChI=1S/C21H32N4O2/c1-14-11-24(12-15(2)27-14)13-20(26)23-21-19(10-22)16(3)17(4)25(21)18-8-6-5-7-9-18/h14-15,18H,5-9,11-13H2,1-4H3,(H,23,26)/t14-,15+. The van der Waals surface area contributed by atoms with E-state index >= 15 is 0 Å². The summed E-state index contributed by atoms with van der Waals surface area (Å²) in [5, 5.41) is 12.8. The van der Waals surface area contributed by atoms with E-state index < -0.39 is 0 Å². The van der Waals surface area contributed by atoms with Crippen LogP contribution >= 0.6 is 0 Å². The lowest BCUT2D eigenvalue weighted by atomic mass is 9.95. The Morgan fingerprint density at radius 1 is 1.19 bits per heavy atom. The molecule has 2 heterocycles. The number of morpholine rings is 1. The molecule has 2 fully saturated rings. The molecule has 0 aromatic carbocycles. The summed E-state index contributed by atoms with van der Waals surface area (Å²) in [4.78, 5) is 14.9. The maximum Gasteiger partial charge on any atom is 0.239 e. The lowest BCUT2D eigenvalue weighted by molar-refractivity contribution is -0.121. The van der Waals surface area contributed by atoms with Crippen LogP contribution in [0.4, 0.5) is 5.82 Å². The molecule has 2 atom stereocenters. The molecule has 1 aromatic rings. The number of rotatable bonds is 4. The minimum atomic E-state index is -0.0534. The van der Waals surface area contributed by atoms with Crippen molar-refractivity contribution >= 4 is 11.7 Å². The van der Waals surface area contributed by atoms with Crippen LogP contribution in [0.3, 0.4) is 0 Å². The largest absolute Gasteiger partial charge is 0.373 e. The summed E-state index contributed by atoms with van der Waals surface area (Å²) in [5.74, 6) is 0.640. The molecule has 1 aromatic heterocycles. The van der Waals surface area contributed by atoms with Crippen LogP contribution in [0.1, 0.15) is 68.8 Å². The fourth-order valence-electron chi connectivity index (χ4n) is 4.67. The van der Waals surface area contributed by atoms with Crippen molar-refractivity contribution in [1.82, 2.24) is 9.47 Å². The molecule has 2 aliphatic rings. The minimum absolute atomic E-state index is 0.0534. The monoisotopic (exact) mass is 372 g/mol. The topological polar surface area (TPSA) is 70.3 Å². The predicted molar refractivity (Wildman–Crippen MR) is 106 cm³/mol. The molecule has 27 heavy (non-hydrogen) atoms. The van der Waals surface area contributed by atoms with Crippen molar-refractivity contribution in [3.8, 4) is 6.07 Å². The maximum atomic E-state index is 12.8. The second-order valence-corrected chi connectivity index (χ2v) is 8.21. The fraction of sp³-hybridized carbons (Fsp3) is 0.714. The summed E-state index contributed by atoms with van der Waals surface area (Å²) in [6, 6.07) is 2.69. The van der Waals surface area contributed by atoms with Crippen LogP contribution in [0, 0.1) is 25.2 Å². The lowest BCUT2D eigenvalue weighted by Crippen LogP contribution is -2.48. The highest BCUT2D eigenvalue weighted by Crippen LogP contribution is 2.36. The second kappa shape index (κ2) is 8.45. The van der Waals surface area contributed by atoms with Gasteiger partial charge in [-0.1, -0.05) is 19.3 Å². The van der Waals surface area contributed by atoms with Gasteiger partial charge in [-0.25, -0.2) is 0 Å². The third-order valence-electron chi connectivity index (χ3n) is 5.93. The lowest BCUT2D eigenvalue weighted by Gasteiger charge is -2.34. The van der Waals surface area contributed by atoms with Crippen molar-refractivity contribution in [3.63, 3.8) is 0 Å². The van der Waals surface area contributed by atoms with E-state index in [1.807, 2.05) is 20.8 Å². The van der Waals surface area contributed by atoms with Crippen LogP contribution in [-0.4, -0.2) is 47.2 Å². The number of aromatic nitrogens is 1. The van der Waals surface area contributed by atoms with Gasteiger partial charge < -0.3 is 14.6 Å². The predicted octanol–water partition coefficient (Wildman–Crippen LogP) is 3.53. The second-order valence-electron chi connectivity index (χ2n) is 8.21. The van der Waals surface area contributed by atoms with E-state index in [2.05, 4.69) is 27.8 Å². The molecule has 1 saturated heterocycles. The van der Waals surface area contributed by atoms with E-state index in [0.717, 1.165) is 37.2 Å². The molecular formula is C21H32N4O2. The molecule has 1 amide bonds. The number of hydrogen-bond donors (Lipinski definition) is 1. The van der Waals surface area contributed by atoms with Gasteiger partial charge >= 0.3 is 0 Å². The van der Waals surface area contributed by atoms with E-state index in [1.165, 1.54) is 19.3 Å². The van der Waals surface area contributed by atoms with Crippen molar-refractivity contribution < 1.29 is 9.53 Å². The molecule has 6 heteroatoms. The highest BCUT2D eigenvalue weighted by atomic mass is 16.5. The normalized spacial score (nSPS) is 24.6. The van der Waals surface area contributed by atoms with Crippen LogP contribution < -0.4 is 5.32 Å². The Morgan fingerprint density at radius 2 is 1.81 bits per heavy atom. The Morgan fingerprint density at radius 3 is 2.41 bits per heavy atom. The number of nitrogens with one attached hydrogen (secondary N) is 1. The molecular weight excluding hydrogens is 340 g/mol. The zero-order valence-electron chi connectivity index (χ0n) is 17.0. The molecule has 0 radical (unpaired) electrons. The van der Waals surface area contributed by atoms with E-state index in [0.29, 0.717) is 24.0 Å². The zero-order chi connectivity index (χ0) is 19.6. The number of carbonyl (C=O) groups excluding carboxylic acids is 1. The van der Waals surface area contributed by atoms with Gasteiger partial charge in [0.05, 0.1) is 24.3 Å². The first-order chi connectivity index (χ1) is 12.9. The zero-order valence-corrected chi connectivity index (χ0v) is 17.0.